The second-order valence-corrected chi connectivity index (χ2v) is 8.15. The Bertz CT molecular complexity index is 299. The van der Waals surface area contributed by atoms with E-state index in [0.717, 1.165) is 26.1 Å². The summed E-state index contributed by atoms with van der Waals surface area (Å²) in [4.78, 5) is 18.8. The first-order valence-electron chi connectivity index (χ1n) is 12.2. The second kappa shape index (κ2) is 24.4. The summed E-state index contributed by atoms with van der Waals surface area (Å²) in [6.07, 6.45) is 26.1. The fraction of sp³-hybridized carbons (Fsp3) is 0.958. The van der Waals surface area contributed by atoms with Crippen LogP contribution >= 0.6 is 0 Å². The summed E-state index contributed by atoms with van der Waals surface area (Å²) >= 11 is 0. The monoisotopic (exact) mass is 400 g/mol. The lowest BCUT2D eigenvalue weighted by atomic mass is 10.0. The van der Waals surface area contributed by atoms with Crippen molar-refractivity contribution in [2.45, 2.75) is 135 Å². The van der Waals surface area contributed by atoms with Gasteiger partial charge in [-0.25, -0.2) is 9.78 Å². The van der Waals surface area contributed by atoms with Gasteiger partial charge in [0.1, 0.15) is 13.2 Å². The summed E-state index contributed by atoms with van der Waals surface area (Å²) in [7, 11) is 0. The summed E-state index contributed by atoms with van der Waals surface area (Å²) in [5.74, 6) is -0.651. The van der Waals surface area contributed by atoms with Crippen LogP contribution in [0.4, 0.5) is 0 Å². The predicted molar refractivity (Wildman–Crippen MR) is 118 cm³/mol. The fourth-order valence-corrected chi connectivity index (χ4v) is 3.44. The number of hydrogen-bond acceptors (Lipinski definition) is 3. The van der Waals surface area contributed by atoms with Crippen molar-refractivity contribution in [1.29, 1.82) is 0 Å². The van der Waals surface area contributed by atoms with Gasteiger partial charge in [-0.05, 0) is 6.42 Å². The highest BCUT2D eigenvalue weighted by Gasteiger charge is 1.97. The standard InChI is InChI=1S/C22H44O2.C2H4O2/c1-2-3-4-5-6-7-8-9-10-11-12-13-14-15-16-17-18-19-20-21-22(23)24;1-2-4-3-1/h2-21H2,1H3,(H,23,24);1-2H2. The summed E-state index contributed by atoms with van der Waals surface area (Å²) in [6, 6.07) is 0. The summed E-state index contributed by atoms with van der Waals surface area (Å²) in [5.41, 5.74) is 0. The number of carboxylic acids is 1. The second-order valence-electron chi connectivity index (χ2n) is 8.15. The van der Waals surface area contributed by atoms with Gasteiger partial charge in [-0.3, -0.25) is 4.79 Å². The highest BCUT2D eigenvalue weighted by Crippen LogP contribution is 2.14. The van der Waals surface area contributed by atoms with E-state index >= 15 is 0 Å². The molecule has 1 heterocycles. The van der Waals surface area contributed by atoms with Gasteiger partial charge in [0.05, 0.1) is 0 Å². The molecule has 168 valence electrons. The lowest BCUT2D eigenvalue weighted by Gasteiger charge is -2.08. The normalized spacial score (nSPS) is 12.9. The SMILES string of the molecule is C1COO1.CCCCCCCCCCCCCCCCCCCCCC(=O)O. The van der Waals surface area contributed by atoms with Gasteiger partial charge in [0, 0.05) is 6.42 Å². The number of rotatable bonds is 20. The van der Waals surface area contributed by atoms with Crippen LogP contribution in [0.3, 0.4) is 0 Å². The molecule has 0 aromatic carbocycles. The molecule has 0 radical (unpaired) electrons. The molecule has 1 saturated heterocycles. The molecule has 1 aliphatic rings. The van der Waals surface area contributed by atoms with Crippen molar-refractivity contribution in [3.05, 3.63) is 0 Å². The average Bonchev–Trinajstić information content (AvgIpc) is 2.62. The van der Waals surface area contributed by atoms with Crippen molar-refractivity contribution in [3.8, 4) is 0 Å². The third-order valence-corrected chi connectivity index (χ3v) is 5.33. The smallest absolute Gasteiger partial charge is 0.303 e. The minimum Gasteiger partial charge on any atom is -0.481 e. The highest BCUT2D eigenvalue weighted by molar-refractivity contribution is 5.66. The maximum atomic E-state index is 10.4. The molecule has 0 saturated carbocycles. The highest BCUT2D eigenvalue weighted by atomic mass is 17.2. The Balaban J connectivity index is 0.00000160. The van der Waals surface area contributed by atoms with E-state index < -0.39 is 5.97 Å². The third kappa shape index (κ3) is 25.4. The fourth-order valence-electron chi connectivity index (χ4n) is 3.44. The molecule has 1 aliphatic heterocycles. The largest absolute Gasteiger partial charge is 0.481 e. The molecule has 28 heavy (non-hydrogen) atoms. The van der Waals surface area contributed by atoms with Gasteiger partial charge in [-0.2, -0.15) is 0 Å². The molecule has 1 fully saturated rings. The Morgan fingerprint density at radius 2 is 0.821 bits per heavy atom. The maximum Gasteiger partial charge on any atom is 0.303 e. The third-order valence-electron chi connectivity index (χ3n) is 5.33. The first kappa shape index (κ1) is 27.4. The number of hydrogen-bond donors (Lipinski definition) is 1. The maximum absolute atomic E-state index is 10.4. The van der Waals surface area contributed by atoms with Gasteiger partial charge in [0.15, 0.2) is 0 Å². The summed E-state index contributed by atoms with van der Waals surface area (Å²) in [5, 5.41) is 8.56. The molecule has 0 amide bonds. The lowest BCUT2D eigenvalue weighted by Crippen LogP contribution is -2.14. The van der Waals surface area contributed by atoms with Crippen LogP contribution in [0.5, 0.6) is 0 Å². The van der Waals surface area contributed by atoms with E-state index in [-0.39, 0.29) is 0 Å². The van der Waals surface area contributed by atoms with Crippen molar-refractivity contribution in [3.63, 3.8) is 0 Å². The van der Waals surface area contributed by atoms with Crippen LogP contribution in [0.1, 0.15) is 135 Å². The zero-order valence-corrected chi connectivity index (χ0v) is 18.7. The van der Waals surface area contributed by atoms with Crippen molar-refractivity contribution >= 4 is 5.97 Å². The zero-order chi connectivity index (χ0) is 20.5. The number of aliphatic carboxylic acids is 1. The Morgan fingerprint density at radius 1 is 0.571 bits per heavy atom. The van der Waals surface area contributed by atoms with E-state index in [0.29, 0.717) is 6.42 Å². The van der Waals surface area contributed by atoms with Crippen LogP contribution in [0.25, 0.3) is 0 Å². The van der Waals surface area contributed by atoms with E-state index in [2.05, 4.69) is 16.7 Å². The Morgan fingerprint density at radius 3 is 1.04 bits per heavy atom. The van der Waals surface area contributed by atoms with Gasteiger partial charge >= 0.3 is 5.97 Å². The van der Waals surface area contributed by atoms with Gasteiger partial charge in [0.2, 0.25) is 0 Å². The molecule has 4 nitrogen and oxygen atoms in total. The van der Waals surface area contributed by atoms with Crippen LogP contribution in [-0.4, -0.2) is 24.3 Å². The number of unbranched alkanes of at least 4 members (excludes halogenated alkanes) is 18. The molecule has 0 atom stereocenters. The molecule has 0 aromatic heterocycles. The topological polar surface area (TPSA) is 55.8 Å². The molecule has 0 aromatic rings. The van der Waals surface area contributed by atoms with Gasteiger partial charge in [0.25, 0.3) is 0 Å². The molecule has 4 heteroatoms. The van der Waals surface area contributed by atoms with Crippen LogP contribution < -0.4 is 0 Å². The molecular formula is C24H48O4. The zero-order valence-electron chi connectivity index (χ0n) is 18.7. The van der Waals surface area contributed by atoms with Crippen molar-refractivity contribution < 1.29 is 19.7 Å². The summed E-state index contributed by atoms with van der Waals surface area (Å²) < 4.78 is 0. The van der Waals surface area contributed by atoms with Gasteiger partial charge in [-0.15, -0.1) is 0 Å². The first-order valence-corrected chi connectivity index (χ1v) is 12.2. The average molecular weight is 401 g/mol. The van der Waals surface area contributed by atoms with E-state index in [4.69, 9.17) is 5.11 Å². The summed E-state index contributed by atoms with van der Waals surface area (Å²) in [6.45, 7) is 3.84. The van der Waals surface area contributed by atoms with Crippen LogP contribution in [0, 0.1) is 0 Å². The van der Waals surface area contributed by atoms with E-state index in [1.54, 1.807) is 0 Å². The molecule has 1 rings (SSSR count). The molecule has 0 aliphatic carbocycles. The number of carbonyl (C=O) groups is 1. The van der Waals surface area contributed by atoms with Gasteiger partial charge in [-0.1, -0.05) is 122 Å². The van der Waals surface area contributed by atoms with Crippen LogP contribution in [0.15, 0.2) is 0 Å². The van der Waals surface area contributed by atoms with Crippen molar-refractivity contribution in [2.24, 2.45) is 0 Å². The Hall–Kier alpha value is -0.610. The van der Waals surface area contributed by atoms with Crippen molar-refractivity contribution in [1.82, 2.24) is 0 Å². The predicted octanol–water partition coefficient (Wildman–Crippen LogP) is 7.84. The van der Waals surface area contributed by atoms with Gasteiger partial charge < -0.3 is 5.11 Å². The molecule has 0 unspecified atom stereocenters. The Labute approximate surface area is 174 Å². The van der Waals surface area contributed by atoms with Crippen molar-refractivity contribution in [2.75, 3.05) is 13.2 Å². The minimum atomic E-state index is -0.651. The van der Waals surface area contributed by atoms with E-state index in [9.17, 15) is 4.79 Å². The lowest BCUT2D eigenvalue weighted by molar-refractivity contribution is -0.382. The minimum absolute atomic E-state index is 0.346. The van der Waals surface area contributed by atoms with E-state index in [1.165, 1.54) is 109 Å². The van der Waals surface area contributed by atoms with Crippen LogP contribution in [0.2, 0.25) is 0 Å². The Kier molecular flexibility index (Phi) is 23.9. The molecular weight excluding hydrogens is 352 g/mol. The molecule has 1 N–H and O–H groups in total. The molecule has 0 spiro atoms. The van der Waals surface area contributed by atoms with E-state index in [1.807, 2.05) is 0 Å². The molecule has 0 bridgehead atoms. The quantitative estimate of drug-likeness (QED) is 0.167. The van der Waals surface area contributed by atoms with Crippen LogP contribution in [-0.2, 0) is 14.6 Å². The number of carboxylic acid groups (broad SMARTS) is 1. The first-order chi connectivity index (χ1) is 13.8.